The Morgan fingerprint density at radius 3 is 2.55 bits per heavy atom. The zero-order chi connectivity index (χ0) is 22.6. The highest BCUT2D eigenvalue weighted by Crippen LogP contribution is 2.33. The number of nitrogens with one attached hydrogen (secondary N) is 1. The van der Waals surface area contributed by atoms with Crippen molar-refractivity contribution in [3.63, 3.8) is 0 Å². The van der Waals surface area contributed by atoms with E-state index in [1.807, 2.05) is 0 Å². The smallest absolute Gasteiger partial charge is 0.326 e. The van der Waals surface area contributed by atoms with E-state index in [-0.39, 0.29) is 28.0 Å². The molecule has 0 saturated carbocycles. The number of carbonyl (C=O) groups excluding carboxylic acids is 2. The van der Waals surface area contributed by atoms with Crippen LogP contribution in [0.25, 0.3) is 0 Å². The van der Waals surface area contributed by atoms with Gasteiger partial charge in [-0.15, -0.1) is 0 Å². The van der Waals surface area contributed by atoms with Gasteiger partial charge in [0.2, 0.25) is 11.8 Å². The van der Waals surface area contributed by atoms with E-state index in [4.69, 9.17) is 11.6 Å². The minimum Gasteiger partial charge on any atom is -0.326 e. The lowest BCUT2D eigenvalue weighted by molar-refractivity contribution is -0.138. The molecule has 0 bridgehead atoms. The molecular weight excluding hydrogens is 433 g/mol. The van der Waals surface area contributed by atoms with E-state index in [0.29, 0.717) is 5.69 Å². The molecule has 2 heterocycles. The summed E-state index contributed by atoms with van der Waals surface area (Å²) in [4.78, 5) is 33.9. The maximum atomic E-state index is 13.1. The monoisotopic (exact) mass is 448 g/mol. The van der Waals surface area contributed by atoms with E-state index in [9.17, 15) is 22.8 Å². The molecule has 1 aromatic carbocycles. The van der Waals surface area contributed by atoms with Crippen molar-refractivity contribution in [2.75, 3.05) is 10.2 Å². The van der Waals surface area contributed by atoms with Crippen molar-refractivity contribution in [2.24, 2.45) is 0 Å². The zero-order valence-corrected chi connectivity index (χ0v) is 16.9. The number of carbonyl (C=O) groups is 2. The van der Waals surface area contributed by atoms with E-state index >= 15 is 0 Å². The van der Waals surface area contributed by atoms with Gasteiger partial charge >= 0.3 is 6.18 Å². The number of rotatable bonds is 5. The molecule has 0 aliphatic heterocycles. The first-order valence-electron chi connectivity index (χ1n) is 8.98. The Labute approximate surface area is 180 Å². The molecule has 3 rings (SSSR count). The molecule has 6 nitrogen and oxygen atoms in total. The second-order valence-corrected chi connectivity index (χ2v) is 6.87. The number of benzene rings is 1. The number of hydrogen-bond acceptors (Lipinski definition) is 4. The summed E-state index contributed by atoms with van der Waals surface area (Å²) in [6.07, 6.45) is -0.844. The molecule has 0 aliphatic carbocycles. The average Bonchev–Trinajstić information content (AvgIpc) is 2.69. The number of pyridine rings is 2. The van der Waals surface area contributed by atoms with Crippen LogP contribution in [0, 0.1) is 0 Å². The molecule has 10 heteroatoms. The van der Waals surface area contributed by atoms with Gasteiger partial charge in [-0.3, -0.25) is 19.5 Å². The molecule has 0 atom stereocenters. The third-order valence-electron chi connectivity index (χ3n) is 4.24. The largest absolute Gasteiger partial charge is 0.416 e. The van der Waals surface area contributed by atoms with Crippen LogP contribution in [0.3, 0.4) is 0 Å². The van der Waals surface area contributed by atoms with Crippen molar-refractivity contribution in [2.45, 2.75) is 19.5 Å². The predicted octanol–water partition coefficient (Wildman–Crippen LogP) is 5.01. The molecule has 2 aromatic heterocycles. The Hall–Kier alpha value is -3.46. The van der Waals surface area contributed by atoms with E-state index in [0.717, 1.165) is 6.07 Å². The SMILES string of the molecule is CC(=O)N(c1cc(NC(=O)Cc2ccccc2C(F)(F)F)ccn1)c1ccncc1Cl. The van der Waals surface area contributed by atoms with Gasteiger partial charge in [-0.25, -0.2) is 4.98 Å². The molecule has 0 unspecified atom stereocenters. The lowest BCUT2D eigenvalue weighted by Crippen LogP contribution is -2.24. The van der Waals surface area contributed by atoms with Crippen LogP contribution in [0.2, 0.25) is 5.02 Å². The normalized spacial score (nSPS) is 11.1. The third kappa shape index (κ3) is 5.37. The summed E-state index contributed by atoms with van der Waals surface area (Å²) >= 11 is 6.13. The third-order valence-corrected chi connectivity index (χ3v) is 4.53. The lowest BCUT2D eigenvalue weighted by Gasteiger charge is -2.21. The van der Waals surface area contributed by atoms with Gasteiger partial charge in [0.15, 0.2) is 0 Å². The van der Waals surface area contributed by atoms with Crippen molar-refractivity contribution >= 4 is 40.6 Å². The first kappa shape index (κ1) is 22.2. The van der Waals surface area contributed by atoms with Crippen molar-refractivity contribution in [1.29, 1.82) is 0 Å². The van der Waals surface area contributed by atoms with Crippen molar-refractivity contribution < 1.29 is 22.8 Å². The van der Waals surface area contributed by atoms with Crippen LogP contribution in [-0.4, -0.2) is 21.8 Å². The van der Waals surface area contributed by atoms with Crippen LogP contribution >= 0.6 is 11.6 Å². The van der Waals surface area contributed by atoms with Gasteiger partial charge in [0, 0.05) is 37.3 Å². The highest BCUT2D eigenvalue weighted by atomic mass is 35.5. The summed E-state index contributed by atoms with van der Waals surface area (Å²) in [5, 5.41) is 2.76. The molecule has 0 radical (unpaired) electrons. The number of amides is 2. The van der Waals surface area contributed by atoms with Crippen LogP contribution in [0.15, 0.2) is 61.1 Å². The second-order valence-electron chi connectivity index (χ2n) is 6.46. The molecule has 1 N–H and O–H groups in total. The molecule has 0 aliphatic rings. The predicted molar refractivity (Wildman–Crippen MR) is 110 cm³/mol. The molecular formula is C21H16ClF3N4O2. The van der Waals surface area contributed by atoms with Gasteiger partial charge in [0.25, 0.3) is 0 Å². The Bertz CT molecular complexity index is 1120. The molecule has 2 amide bonds. The summed E-state index contributed by atoms with van der Waals surface area (Å²) < 4.78 is 39.4. The fourth-order valence-corrected chi connectivity index (χ4v) is 3.15. The Morgan fingerprint density at radius 1 is 1.13 bits per heavy atom. The molecule has 0 saturated heterocycles. The van der Waals surface area contributed by atoms with Crippen molar-refractivity contribution in [1.82, 2.24) is 9.97 Å². The number of aromatic nitrogens is 2. The molecule has 3 aromatic rings. The Kier molecular flexibility index (Phi) is 6.55. The summed E-state index contributed by atoms with van der Waals surface area (Å²) in [6.45, 7) is 1.32. The first-order valence-corrected chi connectivity index (χ1v) is 9.36. The lowest BCUT2D eigenvalue weighted by atomic mass is 10.0. The van der Waals surface area contributed by atoms with Gasteiger partial charge in [-0.1, -0.05) is 29.8 Å². The Balaban J connectivity index is 1.83. The van der Waals surface area contributed by atoms with Gasteiger partial charge in [0.1, 0.15) is 5.82 Å². The number of hydrogen-bond donors (Lipinski definition) is 1. The summed E-state index contributed by atoms with van der Waals surface area (Å²) in [5.74, 6) is -0.859. The standard InChI is InChI=1S/C21H16ClF3N4O2/c1-13(30)29(18-7-8-26-12-17(18)22)19-11-15(6-9-27-19)28-20(31)10-14-4-2-3-5-16(14)21(23,24)25/h2-9,11-12H,10H2,1H3,(H,27,28,31). The average molecular weight is 449 g/mol. The van der Waals surface area contributed by atoms with Crippen LogP contribution in [-0.2, 0) is 22.2 Å². The van der Waals surface area contributed by atoms with Crippen molar-refractivity contribution in [3.8, 4) is 0 Å². The minimum atomic E-state index is -4.56. The highest BCUT2D eigenvalue weighted by Gasteiger charge is 2.33. The van der Waals surface area contributed by atoms with Crippen LogP contribution in [0.5, 0.6) is 0 Å². The van der Waals surface area contributed by atoms with E-state index < -0.39 is 24.1 Å². The summed E-state index contributed by atoms with van der Waals surface area (Å²) in [7, 11) is 0. The molecule has 0 spiro atoms. The fourth-order valence-electron chi connectivity index (χ4n) is 2.95. The number of nitrogens with zero attached hydrogens (tertiary/aromatic N) is 3. The van der Waals surface area contributed by atoms with Gasteiger partial charge in [-0.05, 0) is 23.8 Å². The summed E-state index contributed by atoms with van der Waals surface area (Å²) in [6, 6.07) is 9.30. The second kappa shape index (κ2) is 9.13. The van der Waals surface area contributed by atoms with E-state index in [1.54, 1.807) is 0 Å². The van der Waals surface area contributed by atoms with Crippen molar-refractivity contribution in [3.05, 3.63) is 77.2 Å². The minimum absolute atomic E-state index is 0.143. The number of halogens is 4. The highest BCUT2D eigenvalue weighted by molar-refractivity contribution is 6.34. The molecule has 31 heavy (non-hydrogen) atoms. The maximum absolute atomic E-state index is 13.1. The van der Waals surface area contributed by atoms with Gasteiger partial charge in [-0.2, -0.15) is 13.2 Å². The van der Waals surface area contributed by atoms with E-state index in [1.165, 1.54) is 66.8 Å². The summed E-state index contributed by atoms with van der Waals surface area (Å²) in [5.41, 5.74) is -0.401. The topological polar surface area (TPSA) is 75.2 Å². The quantitative estimate of drug-likeness (QED) is 0.595. The Morgan fingerprint density at radius 2 is 1.87 bits per heavy atom. The van der Waals surface area contributed by atoms with E-state index in [2.05, 4.69) is 15.3 Å². The van der Waals surface area contributed by atoms with Gasteiger partial charge in [0.05, 0.1) is 22.7 Å². The van der Waals surface area contributed by atoms with Crippen LogP contribution in [0.4, 0.5) is 30.4 Å². The van der Waals surface area contributed by atoms with Crippen LogP contribution < -0.4 is 10.2 Å². The zero-order valence-electron chi connectivity index (χ0n) is 16.2. The fraction of sp³-hybridized carbons (Fsp3) is 0.143. The van der Waals surface area contributed by atoms with Crippen LogP contribution in [0.1, 0.15) is 18.1 Å². The first-order chi connectivity index (χ1) is 14.7. The maximum Gasteiger partial charge on any atom is 0.416 e. The molecule has 0 fully saturated rings. The number of alkyl halides is 3. The number of anilines is 3. The van der Waals surface area contributed by atoms with Gasteiger partial charge < -0.3 is 5.32 Å². The molecule has 160 valence electrons.